The number of hydrogen-bond donors (Lipinski definition) is 3. The van der Waals surface area contributed by atoms with Gasteiger partial charge in [0.25, 0.3) is 23.4 Å². The van der Waals surface area contributed by atoms with Crippen LogP contribution in [0.15, 0.2) is 42.5 Å². The molecule has 0 aliphatic rings. The van der Waals surface area contributed by atoms with Gasteiger partial charge in [-0.25, -0.2) is 0 Å². The normalized spacial score (nSPS) is 11.2. The predicted molar refractivity (Wildman–Crippen MR) is 102 cm³/mol. The van der Waals surface area contributed by atoms with E-state index in [1.54, 1.807) is 0 Å². The molecule has 3 N–H and O–H groups in total. The zero-order chi connectivity index (χ0) is 20.8. The Kier molecular flexibility index (Phi) is 6.91. The highest BCUT2D eigenvalue weighted by Gasteiger charge is 2.20. The molecule has 0 saturated heterocycles. The van der Waals surface area contributed by atoms with Crippen molar-refractivity contribution in [2.24, 2.45) is 0 Å². The van der Waals surface area contributed by atoms with Crippen molar-refractivity contribution >= 4 is 46.6 Å². The second-order valence-electron chi connectivity index (χ2n) is 5.55. The number of hydrogen-bond acceptors (Lipinski definition) is 5. The molecular formula is C17H14Cl2N4O5. The van der Waals surface area contributed by atoms with Gasteiger partial charge in [-0.2, -0.15) is 0 Å². The first-order valence-electron chi connectivity index (χ1n) is 7.80. The van der Waals surface area contributed by atoms with Gasteiger partial charge in [-0.15, -0.1) is 0 Å². The van der Waals surface area contributed by atoms with E-state index < -0.39 is 28.7 Å². The van der Waals surface area contributed by atoms with E-state index in [0.717, 1.165) is 6.07 Å². The molecule has 1 atom stereocenters. The summed E-state index contributed by atoms with van der Waals surface area (Å²) in [5.41, 5.74) is 4.06. The summed E-state index contributed by atoms with van der Waals surface area (Å²) in [5.74, 6) is -2.10. The molecule has 3 amide bonds. The molecule has 2 aromatic rings. The molecule has 146 valence electrons. The zero-order valence-corrected chi connectivity index (χ0v) is 15.9. The highest BCUT2D eigenvalue weighted by molar-refractivity contribution is 6.43. The maximum absolute atomic E-state index is 12.2. The first kappa shape index (κ1) is 21.1. The van der Waals surface area contributed by atoms with E-state index in [4.69, 9.17) is 23.2 Å². The fourth-order valence-corrected chi connectivity index (χ4v) is 2.46. The van der Waals surface area contributed by atoms with Gasteiger partial charge in [0, 0.05) is 17.7 Å². The summed E-state index contributed by atoms with van der Waals surface area (Å²) in [5, 5.41) is 13.4. The highest BCUT2D eigenvalue weighted by atomic mass is 35.5. The lowest BCUT2D eigenvalue weighted by Gasteiger charge is -2.15. The standard InChI is InChI=1S/C17H14Cl2N4O5/c1-9(20-17(26)12-6-3-7-13(18)14(12)19)15(24)21-22-16(25)10-4-2-5-11(8-10)23(27)28/h2-9H,1H3,(H,20,26)(H,21,24)(H,22,25). The Labute approximate surface area is 169 Å². The van der Waals surface area contributed by atoms with Crippen molar-refractivity contribution in [3.63, 3.8) is 0 Å². The summed E-state index contributed by atoms with van der Waals surface area (Å²) in [6.45, 7) is 1.39. The molecule has 0 saturated carbocycles. The highest BCUT2D eigenvalue weighted by Crippen LogP contribution is 2.25. The largest absolute Gasteiger partial charge is 0.340 e. The Bertz CT molecular complexity index is 951. The third-order valence-electron chi connectivity index (χ3n) is 3.56. The van der Waals surface area contributed by atoms with Crippen LogP contribution in [0.4, 0.5) is 5.69 Å². The van der Waals surface area contributed by atoms with Gasteiger partial charge in [-0.05, 0) is 25.1 Å². The minimum absolute atomic E-state index is 0.0168. The summed E-state index contributed by atoms with van der Waals surface area (Å²) in [7, 11) is 0. The molecule has 0 bridgehead atoms. The van der Waals surface area contributed by atoms with Crippen LogP contribution >= 0.6 is 23.2 Å². The molecule has 0 heterocycles. The fourth-order valence-electron chi connectivity index (χ4n) is 2.08. The number of rotatable bonds is 5. The maximum atomic E-state index is 12.2. The van der Waals surface area contributed by atoms with E-state index in [-0.39, 0.29) is 26.9 Å². The van der Waals surface area contributed by atoms with E-state index >= 15 is 0 Å². The molecule has 0 spiro atoms. The van der Waals surface area contributed by atoms with Crippen LogP contribution in [0.1, 0.15) is 27.6 Å². The molecule has 2 rings (SSSR count). The van der Waals surface area contributed by atoms with E-state index in [2.05, 4.69) is 16.2 Å². The van der Waals surface area contributed by atoms with E-state index in [9.17, 15) is 24.5 Å². The first-order chi connectivity index (χ1) is 13.2. The number of nitrogens with zero attached hydrogens (tertiary/aromatic N) is 1. The Balaban J connectivity index is 1.94. The van der Waals surface area contributed by atoms with Gasteiger partial charge in [0.1, 0.15) is 6.04 Å². The van der Waals surface area contributed by atoms with E-state index in [1.807, 2.05) is 0 Å². The Morgan fingerprint density at radius 3 is 2.39 bits per heavy atom. The lowest BCUT2D eigenvalue weighted by molar-refractivity contribution is -0.384. The summed E-state index contributed by atoms with van der Waals surface area (Å²) in [6.07, 6.45) is 0. The number of hydrazine groups is 1. The predicted octanol–water partition coefficient (Wildman–Crippen LogP) is 2.48. The lowest BCUT2D eigenvalue weighted by atomic mass is 10.2. The van der Waals surface area contributed by atoms with Crippen LogP contribution in [-0.2, 0) is 4.79 Å². The number of nitro benzene ring substituents is 1. The lowest BCUT2D eigenvalue weighted by Crippen LogP contribution is -2.51. The molecule has 0 aliphatic heterocycles. The van der Waals surface area contributed by atoms with Crippen molar-refractivity contribution in [1.29, 1.82) is 0 Å². The number of benzene rings is 2. The Hall–Kier alpha value is -3.17. The van der Waals surface area contributed by atoms with Crippen LogP contribution in [0.3, 0.4) is 0 Å². The zero-order valence-electron chi connectivity index (χ0n) is 14.4. The molecule has 2 aromatic carbocycles. The molecule has 9 nitrogen and oxygen atoms in total. The van der Waals surface area contributed by atoms with Gasteiger partial charge in [0.2, 0.25) is 0 Å². The van der Waals surface area contributed by atoms with Crippen molar-refractivity contribution in [3.05, 3.63) is 73.8 Å². The minimum atomic E-state index is -1.02. The molecule has 0 aromatic heterocycles. The number of carbonyl (C=O) groups excluding carboxylic acids is 3. The van der Waals surface area contributed by atoms with Crippen LogP contribution in [0.5, 0.6) is 0 Å². The number of non-ortho nitro benzene ring substituents is 1. The molecule has 28 heavy (non-hydrogen) atoms. The number of nitro groups is 1. The van der Waals surface area contributed by atoms with Gasteiger partial charge in [0.05, 0.1) is 20.5 Å². The van der Waals surface area contributed by atoms with Crippen LogP contribution in [0, 0.1) is 10.1 Å². The van der Waals surface area contributed by atoms with Crippen LogP contribution in [-0.4, -0.2) is 28.7 Å². The van der Waals surface area contributed by atoms with Crippen LogP contribution in [0.2, 0.25) is 10.0 Å². The molecule has 0 radical (unpaired) electrons. The van der Waals surface area contributed by atoms with Gasteiger partial charge in [-0.3, -0.25) is 35.3 Å². The average molecular weight is 425 g/mol. The summed E-state index contributed by atoms with van der Waals surface area (Å²) in [4.78, 5) is 46.4. The quantitative estimate of drug-likeness (QED) is 0.501. The Morgan fingerprint density at radius 1 is 1.04 bits per heavy atom. The number of halogens is 2. The third-order valence-corrected chi connectivity index (χ3v) is 4.37. The second kappa shape index (κ2) is 9.16. The van der Waals surface area contributed by atoms with Crippen LogP contribution in [0.25, 0.3) is 0 Å². The van der Waals surface area contributed by atoms with E-state index in [0.29, 0.717) is 0 Å². The monoisotopic (exact) mass is 424 g/mol. The number of nitrogens with one attached hydrogen (secondary N) is 3. The van der Waals surface area contributed by atoms with E-state index in [1.165, 1.54) is 43.3 Å². The number of carbonyl (C=O) groups is 3. The van der Waals surface area contributed by atoms with Crippen molar-refractivity contribution < 1.29 is 19.3 Å². The van der Waals surface area contributed by atoms with Crippen molar-refractivity contribution in [2.45, 2.75) is 13.0 Å². The fraction of sp³-hybridized carbons (Fsp3) is 0.118. The number of amides is 3. The Morgan fingerprint density at radius 2 is 1.71 bits per heavy atom. The molecule has 1 unspecified atom stereocenters. The molecule has 0 aliphatic carbocycles. The minimum Gasteiger partial charge on any atom is -0.340 e. The molecular weight excluding hydrogens is 411 g/mol. The first-order valence-corrected chi connectivity index (χ1v) is 8.56. The van der Waals surface area contributed by atoms with Crippen molar-refractivity contribution in [1.82, 2.24) is 16.2 Å². The van der Waals surface area contributed by atoms with Gasteiger partial charge in [-0.1, -0.05) is 35.3 Å². The van der Waals surface area contributed by atoms with Crippen LogP contribution < -0.4 is 16.2 Å². The van der Waals surface area contributed by atoms with Gasteiger partial charge < -0.3 is 5.32 Å². The third kappa shape index (κ3) is 5.18. The van der Waals surface area contributed by atoms with Crippen molar-refractivity contribution in [3.8, 4) is 0 Å². The molecule has 11 heteroatoms. The maximum Gasteiger partial charge on any atom is 0.270 e. The topological polar surface area (TPSA) is 130 Å². The van der Waals surface area contributed by atoms with Gasteiger partial charge in [0.15, 0.2) is 0 Å². The summed E-state index contributed by atoms with van der Waals surface area (Å²) >= 11 is 11.8. The van der Waals surface area contributed by atoms with Gasteiger partial charge >= 0.3 is 0 Å². The summed E-state index contributed by atoms with van der Waals surface area (Å²) < 4.78 is 0. The van der Waals surface area contributed by atoms with Crippen molar-refractivity contribution in [2.75, 3.05) is 0 Å². The SMILES string of the molecule is CC(NC(=O)c1cccc(Cl)c1Cl)C(=O)NNC(=O)c1cccc([N+](=O)[O-])c1. The average Bonchev–Trinajstić information content (AvgIpc) is 2.67. The smallest absolute Gasteiger partial charge is 0.270 e. The summed E-state index contributed by atoms with van der Waals surface area (Å²) in [6, 6.07) is 8.45. The second-order valence-corrected chi connectivity index (χ2v) is 6.33. The molecule has 0 fully saturated rings.